The molecule has 0 aliphatic rings. The monoisotopic (exact) mass is 205 g/mol. The molecule has 0 amide bonds. The molecular weight excluding hydrogens is 182 g/mol. The fourth-order valence-electron chi connectivity index (χ4n) is 1.89. The zero-order chi connectivity index (χ0) is 11.3. The molecule has 1 nitrogen and oxygen atoms in total. The maximum Gasteiger partial charge on any atom is 0.0233 e. The minimum Gasteiger partial charge on any atom is -0.299 e. The molecule has 1 rings (SSSR count). The van der Waals surface area contributed by atoms with Crippen LogP contribution in [-0.2, 0) is 6.54 Å². The van der Waals surface area contributed by atoms with Crippen LogP contribution in [0.25, 0.3) is 0 Å². The van der Waals surface area contributed by atoms with Crippen LogP contribution in [0.3, 0.4) is 0 Å². The lowest BCUT2D eigenvalue weighted by molar-refractivity contribution is 0.220. The first kappa shape index (κ1) is 12.3. The number of hydrogen-bond acceptors (Lipinski definition) is 1. The Morgan fingerprint density at radius 1 is 1.07 bits per heavy atom. The Morgan fingerprint density at radius 2 is 1.67 bits per heavy atom. The Kier molecular flexibility index (Phi) is 4.83. The standard InChI is InChI=1S/C14H23N/c1-12(2)10-13(3)15(4)11-14-8-6-5-7-9-14/h5-9,12-13H,10-11H2,1-4H3/t13-/m0/s1. The van der Waals surface area contributed by atoms with E-state index in [4.69, 9.17) is 0 Å². The molecule has 0 aliphatic heterocycles. The van der Waals surface area contributed by atoms with E-state index in [9.17, 15) is 0 Å². The van der Waals surface area contributed by atoms with Crippen LogP contribution in [0.15, 0.2) is 30.3 Å². The first-order chi connectivity index (χ1) is 7.09. The average Bonchev–Trinajstić information content (AvgIpc) is 2.18. The number of benzene rings is 1. The van der Waals surface area contributed by atoms with Gasteiger partial charge in [-0.2, -0.15) is 0 Å². The SMILES string of the molecule is CC(C)C[C@H](C)N(C)Cc1ccccc1. The normalized spacial score (nSPS) is 13.5. The van der Waals surface area contributed by atoms with Gasteiger partial charge in [0.05, 0.1) is 0 Å². The molecule has 0 aliphatic carbocycles. The summed E-state index contributed by atoms with van der Waals surface area (Å²) in [6.45, 7) is 7.93. The molecule has 0 heterocycles. The van der Waals surface area contributed by atoms with Crippen LogP contribution >= 0.6 is 0 Å². The van der Waals surface area contributed by atoms with Crippen molar-refractivity contribution in [1.29, 1.82) is 0 Å². The van der Waals surface area contributed by atoms with E-state index in [2.05, 4.69) is 63.1 Å². The molecule has 1 atom stereocenters. The van der Waals surface area contributed by atoms with Gasteiger partial charge in [-0.25, -0.2) is 0 Å². The Hall–Kier alpha value is -0.820. The van der Waals surface area contributed by atoms with Crippen molar-refractivity contribution in [2.75, 3.05) is 7.05 Å². The minimum absolute atomic E-state index is 0.658. The highest BCUT2D eigenvalue weighted by Crippen LogP contribution is 2.12. The number of hydrogen-bond donors (Lipinski definition) is 0. The van der Waals surface area contributed by atoms with Gasteiger partial charge in [0.15, 0.2) is 0 Å². The van der Waals surface area contributed by atoms with Gasteiger partial charge in [-0.1, -0.05) is 44.2 Å². The van der Waals surface area contributed by atoms with Gasteiger partial charge >= 0.3 is 0 Å². The maximum absolute atomic E-state index is 2.43. The van der Waals surface area contributed by atoms with Gasteiger partial charge in [-0.3, -0.25) is 4.90 Å². The van der Waals surface area contributed by atoms with E-state index in [-0.39, 0.29) is 0 Å². The van der Waals surface area contributed by atoms with Gasteiger partial charge in [0, 0.05) is 12.6 Å². The molecule has 1 heteroatoms. The number of nitrogens with zero attached hydrogens (tertiary/aromatic N) is 1. The fourth-order valence-corrected chi connectivity index (χ4v) is 1.89. The van der Waals surface area contributed by atoms with Gasteiger partial charge in [-0.05, 0) is 31.9 Å². The average molecular weight is 205 g/mol. The highest BCUT2D eigenvalue weighted by Gasteiger charge is 2.10. The van der Waals surface area contributed by atoms with Crippen molar-refractivity contribution in [2.24, 2.45) is 5.92 Å². The predicted molar refractivity (Wildman–Crippen MR) is 66.8 cm³/mol. The maximum atomic E-state index is 2.43. The van der Waals surface area contributed by atoms with Crippen LogP contribution in [0.5, 0.6) is 0 Å². The Labute approximate surface area is 94.1 Å². The molecule has 15 heavy (non-hydrogen) atoms. The fraction of sp³-hybridized carbons (Fsp3) is 0.571. The molecule has 1 aromatic carbocycles. The largest absolute Gasteiger partial charge is 0.299 e. The molecule has 0 radical (unpaired) electrons. The van der Waals surface area contributed by atoms with Crippen LogP contribution < -0.4 is 0 Å². The predicted octanol–water partition coefficient (Wildman–Crippen LogP) is 3.55. The first-order valence-corrected chi connectivity index (χ1v) is 5.83. The van der Waals surface area contributed by atoms with Gasteiger partial charge in [-0.15, -0.1) is 0 Å². The molecule has 0 spiro atoms. The Bertz CT molecular complexity index is 266. The zero-order valence-electron chi connectivity index (χ0n) is 10.4. The topological polar surface area (TPSA) is 3.24 Å². The third-order valence-electron chi connectivity index (χ3n) is 2.84. The summed E-state index contributed by atoms with van der Waals surface area (Å²) >= 11 is 0. The summed E-state index contributed by atoms with van der Waals surface area (Å²) < 4.78 is 0. The van der Waals surface area contributed by atoms with E-state index >= 15 is 0 Å². The second-order valence-electron chi connectivity index (χ2n) is 4.88. The van der Waals surface area contributed by atoms with E-state index in [1.165, 1.54) is 12.0 Å². The van der Waals surface area contributed by atoms with Crippen molar-refractivity contribution in [3.63, 3.8) is 0 Å². The molecule has 0 unspecified atom stereocenters. The highest BCUT2D eigenvalue weighted by molar-refractivity contribution is 5.14. The van der Waals surface area contributed by atoms with Crippen LogP contribution in [0, 0.1) is 5.92 Å². The summed E-state index contributed by atoms with van der Waals surface area (Å²) in [6, 6.07) is 11.3. The van der Waals surface area contributed by atoms with E-state index < -0.39 is 0 Å². The highest BCUT2D eigenvalue weighted by atomic mass is 15.1. The molecule has 1 aromatic rings. The molecule has 0 fully saturated rings. The summed E-state index contributed by atoms with van der Waals surface area (Å²) in [5, 5.41) is 0. The van der Waals surface area contributed by atoms with E-state index in [1.807, 2.05) is 0 Å². The second kappa shape index (κ2) is 5.92. The third-order valence-corrected chi connectivity index (χ3v) is 2.84. The molecule has 0 saturated carbocycles. The smallest absolute Gasteiger partial charge is 0.0233 e. The van der Waals surface area contributed by atoms with Crippen molar-refractivity contribution in [3.05, 3.63) is 35.9 Å². The third kappa shape index (κ3) is 4.48. The van der Waals surface area contributed by atoms with Crippen molar-refractivity contribution >= 4 is 0 Å². The van der Waals surface area contributed by atoms with Crippen molar-refractivity contribution in [3.8, 4) is 0 Å². The van der Waals surface area contributed by atoms with E-state index in [1.54, 1.807) is 0 Å². The molecular formula is C14H23N. The Balaban J connectivity index is 2.45. The van der Waals surface area contributed by atoms with Crippen LogP contribution in [0.4, 0.5) is 0 Å². The van der Waals surface area contributed by atoms with Crippen LogP contribution in [0.2, 0.25) is 0 Å². The quantitative estimate of drug-likeness (QED) is 0.710. The summed E-state index contributed by atoms with van der Waals surface area (Å²) in [5.74, 6) is 0.776. The van der Waals surface area contributed by atoms with Gasteiger partial charge < -0.3 is 0 Å². The van der Waals surface area contributed by atoms with E-state index in [0.29, 0.717) is 6.04 Å². The summed E-state index contributed by atoms with van der Waals surface area (Å²) in [6.07, 6.45) is 1.27. The van der Waals surface area contributed by atoms with Crippen LogP contribution in [0.1, 0.15) is 32.8 Å². The van der Waals surface area contributed by atoms with Gasteiger partial charge in [0.2, 0.25) is 0 Å². The van der Waals surface area contributed by atoms with Crippen molar-refractivity contribution < 1.29 is 0 Å². The zero-order valence-corrected chi connectivity index (χ0v) is 10.4. The molecule has 0 bridgehead atoms. The molecule has 0 saturated heterocycles. The minimum atomic E-state index is 0.658. The lowest BCUT2D eigenvalue weighted by Gasteiger charge is -2.26. The lowest BCUT2D eigenvalue weighted by atomic mass is 10.0. The summed E-state index contributed by atoms with van der Waals surface area (Å²) in [5.41, 5.74) is 1.40. The van der Waals surface area contributed by atoms with E-state index in [0.717, 1.165) is 12.5 Å². The molecule has 84 valence electrons. The first-order valence-electron chi connectivity index (χ1n) is 5.83. The lowest BCUT2D eigenvalue weighted by Crippen LogP contribution is -2.29. The summed E-state index contributed by atoms with van der Waals surface area (Å²) in [7, 11) is 2.21. The van der Waals surface area contributed by atoms with Crippen molar-refractivity contribution in [1.82, 2.24) is 4.90 Å². The van der Waals surface area contributed by atoms with Crippen LogP contribution in [-0.4, -0.2) is 18.0 Å². The van der Waals surface area contributed by atoms with Crippen molar-refractivity contribution in [2.45, 2.75) is 39.8 Å². The van der Waals surface area contributed by atoms with Gasteiger partial charge in [0.25, 0.3) is 0 Å². The second-order valence-corrected chi connectivity index (χ2v) is 4.88. The molecule has 0 N–H and O–H groups in total. The molecule has 0 aromatic heterocycles. The Morgan fingerprint density at radius 3 is 2.20 bits per heavy atom. The number of rotatable bonds is 5. The van der Waals surface area contributed by atoms with Gasteiger partial charge in [0.1, 0.15) is 0 Å². The summed E-state index contributed by atoms with van der Waals surface area (Å²) in [4.78, 5) is 2.43.